The molecule has 0 aromatic carbocycles. The molecule has 2 aliphatic heterocycles. The van der Waals surface area contributed by atoms with Crippen LogP contribution in [0.3, 0.4) is 0 Å². The normalized spacial score (nSPS) is 21.6. The molecule has 5 heterocycles. The van der Waals surface area contributed by atoms with Gasteiger partial charge in [0.2, 0.25) is 0 Å². The highest BCUT2D eigenvalue weighted by Crippen LogP contribution is 2.28. The van der Waals surface area contributed by atoms with Crippen molar-refractivity contribution in [2.75, 3.05) is 38.2 Å². The summed E-state index contributed by atoms with van der Waals surface area (Å²) in [5.74, 6) is 0.754. The number of imidazole rings is 1. The van der Waals surface area contributed by atoms with E-state index in [1.165, 1.54) is 0 Å². The molecule has 0 aliphatic carbocycles. The van der Waals surface area contributed by atoms with Crippen LogP contribution < -0.4 is 10.6 Å². The molecule has 1 N–H and O–H groups in total. The Balaban J connectivity index is 1.36. The minimum Gasteiger partial charge on any atom is -0.378 e. The van der Waals surface area contributed by atoms with Gasteiger partial charge in [-0.2, -0.15) is 0 Å². The van der Waals surface area contributed by atoms with Crippen molar-refractivity contribution in [2.24, 2.45) is 0 Å². The highest BCUT2D eigenvalue weighted by molar-refractivity contribution is 5.95. The second-order valence-corrected chi connectivity index (χ2v) is 9.50. The topological polar surface area (TPSA) is 106 Å². The van der Waals surface area contributed by atoms with Gasteiger partial charge in [0, 0.05) is 51.1 Å². The summed E-state index contributed by atoms with van der Waals surface area (Å²) >= 11 is 0. The average Bonchev–Trinajstić information content (AvgIpc) is 3.18. The van der Waals surface area contributed by atoms with Gasteiger partial charge in [-0.1, -0.05) is 0 Å². The molecule has 3 aromatic heterocycles. The summed E-state index contributed by atoms with van der Waals surface area (Å²) in [5.41, 5.74) is 2.66. The molecular weight excluding hydrogens is 448 g/mol. The summed E-state index contributed by atoms with van der Waals surface area (Å²) in [4.78, 5) is 41.9. The molecule has 2 fully saturated rings. The number of aromatic amines is 1. The Morgan fingerprint density at radius 3 is 2.66 bits per heavy atom. The zero-order chi connectivity index (χ0) is 24.5. The lowest BCUT2D eigenvalue weighted by atomic mass is 10.0. The molecule has 35 heavy (non-hydrogen) atoms. The van der Waals surface area contributed by atoms with E-state index in [9.17, 15) is 9.59 Å². The number of nitrogens with zero attached hydrogens (tertiary/aromatic N) is 5. The number of hydrogen-bond acceptors (Lipinski definition) is 7. The third-order valence-corrected chi connectivity index (χ3v) is 6.75. The van der Waals surface area contributed by atoms with Crippen molar-refractivity contribution in [3.63, 3.8) is 0 Å². The van der Waals surface area contributed by atoms with E-state index in [0.29, 0.717) is 30.9 Å². The fourth-order valence-electron chi connectivity index (χ4n) is 5.28. The average molecular weight is 481 g/mol. The van der Waals surface area contributed by atoms with Crippen molar-refractivity contribution in [3.8, 4) is 0 Å². The zero-order valence-corrected chi connectivity index (χ0v) is 20.4. The number of nitrogens with one attached hydrogen (secondary N) is 1. The number of piperidine rings is 1. The van der Waals surface area contributed by atoms with E-state index in [1.807, 2.05) is 47.6 Å². The Bertz CT molecular complexity index is 1250. The molecule has 10 nitrogen and oxygen atoms in total. The number of aromatic nitrogens is 4. The first-order chi connectivity index (χ1) is 16.9. The molecule has 3 aromatic rings. The van der Waals surface area contributed by atoms with Crippen LogP contribution in [0.4, 0.5) is 5.82 Å². The number of methoxy groups -OCH3 is 1. The molecule has 0 saturated carbocycles. The Kier molecular flexibility index (Phi) is 6.57. The number of fused-ring (bicyclic) bond motifs is 1. The minimum absolute atomic E-state index is 0.00426. The maximum absolute atomic E-state index is 13.4. The van der Waals surface area contributed by atoms with Crippen molar-refractivity contribution in [1.29, 1.82) is 0 Å². The van der Waals surface area contributed by atoms with E-state index in [4.69, 9.17) is 14.5 Å². The summed E-state index contributed by atoms with van der Waals surface area (Å²) < 4.78 is 12.9. The summed E-state index contributed by atoms with van der Waals surface area (Å²) in [7, 11) is 1.63. The van der Waals surface area contributed by atoms with Gasteiger partial charge >= 0.3 is 5.69 Å². The van der Waals surface area contributed by atoms with Crippen molar-refractivity contribution in [1.82, 2.24) is 24.4 Å². The van der Waals surface area contributed by atoms with Crippen LogP contribution in [-0.2, 0) is 16.1 Å². The smallest absolute Gasteiger partial charge is 0.327 e. The molecule has 1 amide bonds. The van der Waals surface area contributed by atoms with Crippen LogP contribution in [0, 0.1) is 0 Å². The van der Waals surface area contributed by atoms with Crippen LogP contribution in [0.2, 0.25) is 0 Å². The fourth-order valence-corrected chi connectivity index (χ4v) is 5.28. The van der Waals surface area contributed by atoms with E-state index >= 15 is 0 Å². The lowest BCUT2D eigenvalue weighted by Crippen LogP contribution is -2.48. The summed E-state index contributed by atoms with van der Waals surface area (Å²) in [6, 6.07) is 7.56. The number of amides is 1. The number of ether oxygens (including phenoxy) is 2. The number of carbonyl (C=O) groups is 1. The van der Waals surface area contributed by atoms with Crippen LogP contribution in [-0.4, -0.2) is 75.8 Å². The van der Waals surface area contributed by atoms with E-state index in [2.05, 4.69) is 14.9 Å². The quantitative estimate of drug-likeness (QED) is 0.598. The Labute approximate surface area is 203 Å². The largest absolute Gasteiger partial charge is 0.378 e. The second-order valence-electron chi connectivity index (χ2n) is 9.50. The number of rotatable bonds is 5. The SMILES string of the molecule is COCc1cc(C(=O)N2C[C@@H](C)O[C@@H](C)C2)cc(N2CCC(n3c(=O)[nH]c4ncccc43)CC2)n1. The van der Waals surface area contributed by atoms with Crippen LogP contribution in [0.5, 0.6) is 0 Å². The van der Waals surface area contributed by atoms with E-state index in [-0.39, 0.29) is 29.8 Å². The second kappa shape index (κ2) is 9.79. The number of hydrogen-bond donors (Lipinski definition) is 1. The monoisotopic (exact) mass is 480 g/mol. The standard InChI is InChI=1S/C25H32N6O4/c1-16-13-30(14-17(2)35-16)24(32)18-11-19(15-34-3)27-22(12-18)29-9-6-20(7-10-29)31-21-5-4-8-26-23(21)28-25(31)33/h4-5,8,11-12,16-17,20H,6-7,9-10,13-15H2,1-3H3,(H,26,28,33)/t16-,17+. The van der Waals surface area contributed by atoms with Gasteiger partial charge in [0.15, 0.2) is 5.65 Å². The molecular formula is C25H32N6O4. The maximum Gasteiger partial charge on any atom is 0.327 e. The Morgan fingerprint density at radius 1 is 1.20 bits per heavy atom. The van der Waals surface area contributed by atoms with Crippen LogP contribution >= 0.6 is 0 Å². The van der Waals surface area contributed by atoms with Crippen LogP contribution in [0.25, 0.3) is 11.2 Å². The van der Waals surface area contributed by atoms with Crippen molar-refractivity contribution in [3.05, 3.63) is 52.2 Å². The first kappa shape index (κ1) is 23.5. The minimum atomic E-state index is -0.126. The van der Waals surface area contributed by atoms with Gasteiger partial charge < -0.3 is 19.3 Å². The molecule has 10 heteroatoms. The number of anilines is 1. The van der Waals surface area contributed by atoms with Crippen molar-refractivity contribution in [2.45, 2.75) is 51.5 Å². The first-order valence-electron chi connectivity index (χ1n) is 12.2. The van der Waals surface area contributed by atoms with E-state index in [0.717, 1.165) is 43.0 Å². The van der Waals surface area contributed by atoms with Crippen molar-refractivity contribution < 1.29 is 14.3 Å². The Hall–Kier alpha value is -3.24. The Morgan fingerprint density at radius 2 is 1.94 bits per heavy atom. The summed E-state index contributed by atoms with van der Waals surface area (Å²) in [6.45, 7) is 6.91. The number of H-pyrrole nitrogens is 1. The molecule has 2 aliphatic rings. The van der Waals surface area contributed by atoms with Gasteiger partial charge in [0.05, 0.1) is 30.0 Å². The lowest BCUT2D eigenvalue weighted by molar-refractivity contribution is -0.0586. The van der Waals surface area contributed by atoms with Gasteiger partial charge in [0.25, 0.3) is 5.91 Å². The molecule has 0 bridgehead atoms. The van der Waals surface area contributed by atoms with Crippen LogP contribution in [0.15, 0.2) is 35.3 Å². The van der Waals surface area contributed by atoms with Gasteiger partial charge in [-0.15, -0.1) is 0 Å². The number of carbonyl (C=O) groups excluding carboxylic acids is 1. The molecule has 2 saturated heterocycles. The van der Waals surface area contributed by atoms with Gasteiger partial charge in [-0.05, 0) is 51.0 Å². The third-order valence-electron chi connectivity index (χ3n) is 6.75. The van der Waals surface area contributed by atoms with E-state index < -0.39 is 0 Å². The molecule has 5 rings (SSSR count). The van der Waals surface area contributed by atoms with Crippen LogP contribution in [0.1, 0.15) is 48.8 Å². The van der Waals surface area contributed by atoms with Gasteiger partial charge in [-0.25, -0.2) is 14.8 Å². The van der Waals surface area contributed by atoms with Crippen molar-refractivity contribution >= 4 is 22.9 Å². The summed E-state index contributed by atoms with van der Waals surface area (Å²) in [6.07, 6.45) is 3.27. The molecule has 0 radical (unpaired) electrons. The molecule has 2 atom stereocenters. The fraction of sp³-hybridized carbons (Fsp3) is 0.520. The zero-order valence-electron chi connectivity index (χ0n) is 20.4. The number of pyridine rings is 2. The van der Waals surface area contributed by atoms with Gasteiger partial charge in [0.1, 0.15) is 5.82 Å². The highest BCUT2D eigenvalue weighted by Gasteiger charge is 2.29. The highest BCUT2D eigenvalue weighted by atomic mass is 16.5. The predicted octanol–water partition coefficient (Wildman–Crippen LogP) is 2.36. The molecule has 186 valence electrons. The van der Waals surface area contributed by atoms with E-state index in [1.54, 1.807) is 13.3 Å². The lowest BCUT2D eigenvalue weighted by Gasteiger charge is -2.36. The maximum atomic E-state index is 13.4. The third kappa shape index (κ3) is 4.81. The first-order valence-corrected chi connectivity index (χ1v) is 12.2. The molecule has 0 spiro atoms. The number of morpholine rings is 1. The molecule has 0 unspecified atom stereocenters. The predicted molar refractivity (Wildman–Crippen MR) is 132 cm³/mol. The summed E-state index contributed by atoms with van der Waals surface area (Å²) in [5, 5.41) is 0. The van der Waals surface area contributed by atoms with Gasteiger partial charge in [-0.3, -0.25) is 14.3 Å².